The Kier molecular flexibility index (Phi) is 48.7. The molecule has 0 aliphatic rings. The van der Waals surface area contributed by atoms with Gasteiger partial charge in [0.05, 0.1) is 0 Å². The van der Waals surface area contributed by atoms with Crippen molar-refractivity contribution in [1.29, 1.82) is 0 Å². The summed E-state index contributed by atoms with van der Waals surface area (Å²) < 4.78 is 0. The predicted octanol–water partition coefficient (Wildman–Crippen LogP) is 12.9. The number of hydrogen-bond acceptors (Lipinski definition) is 5. The van der Waals surface area contributed by atoms with Gasteiger partial charge in [-0.25, -0.2) is 0 Å². The van der Waals surface area contributed by atoms with Crippen molar-refractivity contribution in [1.82, 2.24) is 21.3 Å². The molecular weight excluding hydrogens is 653 g/mol. The minimum absolute atomic E-state index is 0.307. The molecule has 6 nitrogen and oxygen atoms in total. The second kappa shape index (κ2) is 49.3. The summed E-state index contributed by atoms with van der Waals surface area (Å²) in [6.45, 7) is 11.5. The van der Waals surface area contributed by atoms with E-state index in [1.807, 2.05) is 0 Å². The third kappa shape index (κ3) is 51.3. The van der Waals surface area contributed by atoms with Gasteiger partial charge < -0.3 is 26.4 Å². The molecular formula is C47H98N4O2. The minimum Gasteiger partial charge on any atom is -0.481 e. The van der Waals surface area contributed by atoms with Crippen LogP contribution in [0.3, 0.4) is 0 Å². The van der Waals surface area contributed by atoms with Crippen LogP contribution in [0, 0.1) is 0 Å². The molecule has 6 heteroatoms. The summed E-state index contributed by atoms with van der Waals surface area (Å²) in [7, 11) is 0. The zero-order chi connectivity index (χ0) is 38.2. The van der Waals surface area contributed by atoms with Crippen LogP contribution < -0.4 is 21.3 Å². The molecule has 0 atom stereocenters. The summed E-state index contributed by atoms with van der Waals surface area (Å²) in [4.78, 5) is 10.5. The lowest BCUT2D eigenvalue weighted by Crippen LogP contribution is -2.20. The highest BCUT2D eigenvalue weighted by atomic mass is 16.4. The summed E-state index contributed by atoms with van der Waals surface area (Å²) in [5, 5.41) is 23.1. The number of nitrogens with one attached hydrogen (secondary N) is 4. The molecule has 5 N–H and O–H groups in total. The van der Waals surface area contributed by atoms with Crippen molar-refractivity contribution in [3.8, 4) is 0 Å². The fourth-order valence-corrected chi connectivity index (χ4v) is 7.45. The van der Waals surface area contributed by atoms with Crippen molar-refractivity contribution < 1.29 is 9.90 Å². The minimum atomic E-state index is -0.677. The average molecular weight is 751 g/mol. The highest BCUT2D eigenvalue weighted by Crippen LogP contribution is 2.15. The Balaban J connectivity index is 3.05. The number of rotatable bonds is 49. The van der Waals surface area contributed by atoms with Crippen molar-refractivity contribution in [3.05, 3.63) is 0 Å². The van der Waals surface area contributed by atoms with Gasteiger partial charge in [-0.1, -0.05) is 180 Å². The van der Waals surface area contributed by atoms with Gasteiger partial charge in [0.15, 0.2) is 0 Å². The SMILES string of the molecule is CCCCCCCCCCCCCCCCCCCCCNCCCCCCCCNCCCCCCCCNCCCCNCCCCCC(=O)O. The molecule has 318 valence electrons. The van der Waals surface area contributed by atoms with Gasteiger partial charge in [-0.15, -0.1) is 0 Å². The Labute approximate surface area is 333 Å². The van der Waals surface area contributed by atoms with E-state index in [-0.39, 0.29) is 0 Å². The van der Waals surface area contributed by atoms with Gasteiger partial charge in [0.2, 0.25) is 0 Å². The van der Waals surface area contributed by atoms with E-state index in [2.05, 4.69) is 28.2 Å². The van der Waals surface area contributed by atoms with Gasteiger partial charge in [-0.05, 0) is 110 Å². The van der Waals surface area contributed by atoms with E-state index in [1.165, 1.54) is 238 Å². The number of carboxylic acids is 1. The number of unbranched alkanes of at least 4 members (excludes halogenated alkanes) is 31. The van der Waals surface area contributed by atoms with E-state index in [1.54, 1.807) is 0 Å². The molecule has 0 saturated carbocycles. The van der Waals surface area contributed by atoms with Crippen molar-refractivity contribution in [2.75, 3.05) is 52.4 Å². The molecule has 0 aliphatic carbocycles. The first-order chi connectivity index (χ1) is 26.3. The smallest absolute Gasteiger partial charge is 0.303 e. The fourth-order valence-electron chi connectivity index (χ4n) is 7.45. The molecule has 0 saturated heterocycles. The van der Waals surface area contributed by atoms with Gasteiger partial charge in [-0.2, -0.15) is 0 Å². The van der Waals surface area contributed by atoms with Crippen LogP contribution in [0.5, 0.6) is 0 Å². The molecule has 0 radical (unpaired) electrons. The number of carboxylic acid groups (broad SMARTS) is 1. The third-order valence-electron chi connectivity index (χ3n) is 11.1. The highest BCUT2D eigenvalue weighted by molar-refractivity contribution is 5.66. The van der Waals surface area contributed by atoms with E-state index in [0.29, 0.717) is 6.42 Å². The maximum absolute atomic E-state index is 10.5. The Bertz CT molecular complexity index is 664. The van der Waals surface area contributed by atoms with Crippen LogP contribution in [0.2, 0.25) is 0 Å². The number of carbonyl (C=O) groups is 1. The third-order valence-corrected chi connectivity index (χ3v) is 11.1. The maximum Gasteiger partial charge on any atom is 0.303 e. The van der Waals surface area contributed by atoms with E-state index in [4.69, 9.17) is 5.11 Å². The Hall–Kier alpha value is -0.690. The molecule has 0 heterocycles. The average Bonchev–Trinajstić information content (AvgIpc) is 3.15. The fraction of sp³-hybridized carbons (Fsp3) is 0.979. The van der Waals surface area contributed by atoms with Gasteiger partial charge in [0.25, 0.3) is 0 Å². The van der Waals surface area contributed by atoms with Crippen LogP contribution >= 0.6 is 0 Å². The molecule has 0 bridgehead atoms. The van der Waals surface area contributed by atoms with Crippen LogP contribution in [0.25, 0.3) is 0 Å². The number of hydrogen-bond donors (Lipinski definition) is 5. The molecule has 0 aromatic rings. The van der Waals surface area contributed by atoms with E-state index < -0.39 is 5.97 Å². The molecule has 0 aromatic carbocycles. The summed E-state index contributed by atoms with van der Waals surface area (Å²) in [5.74, 6) is -0.677. The molecule has 0 amide bonds. The van der Waals surface area contributed by atoms with E-state index in [0.717, 1.165) is 45.4 Å². The zero-order valence-electron chi connectivity index (χ0n) is 36.2. The Morgan fingerprint density at radius 2 is 0.453 bits per heavy atom. The molecule has 0 aliphatic heterocycles. The lowest BCUT2D eigenvalue weighted by Gasteiger charge is -2.07. The first-order valence-electron chi connectivity index (χ1n) is 24.3. The van der Waals surface area contributed by atoms with Crippen molar-refractivity contribution in [2.24, 2.45) is 0 Å². The molecule has 0 unspecified atom stereocenters. The summed E-state index contributed by atoms with van der Waals surface area (Å²) >= 11 is 0. The van der Waals surface area contributed by atoms with Crippen LogP contribution in [-0.2, 0) is 4.79 Å². The van der Waals surface area contributed by atoms with Crippen molar-refractivity contribution in [2.45, 2.75) is 244 Å². The topological polar surface area (TPSA) is 85.4 Å². The molecule has 0 fully saturated rings. The Morgan fingerprint density at radius 3 is 0.660 bits per heavy atom. The summed E-state index contributed by atoms with van der Waals surface area (Å²) in [6.07, 6.45) is 49.8. The predicted molar refractivity (Wildman–Crippen MR) is 236 cm³/mol. The molecule has 0 rings (SSSR count). The van der Waals surface area contributed by atoms with Crippen molar-refractivity contribution >= 4 is 5.97 Å². The second-order valence-corrected chi connectivity index (χ2v) is 16.5. The highest BCUT2D eigenvalue weighted by Gasteiger charge is 1.99. The molecule has 0 spiro atoms. The monoisotopic (exact) mass is 751 g/mol. The van der Waals surface area contributed by atoms with Crippen LogP contribution in [0.1, 0.15) is 244 Å². The standard InChI is InChI=1S/C47H98N4O2/c1-2-3-4-5-6-7-8-9-10-11-12-13-14-15-16-17-18-23-30-39-48-40-31-24-19-20-25-32-41-49-42-33-26-21-22-27-34-43-50-45-36-37-46-51-44-35-28-29-38-47(52)53/h48-51H,2-46H2,1H3,(H,52,53). The van der Waals surface area contributed by atoms with Gasteiger partial charge >= 0.3 is 5.97 Å². The largest absolute Gasteiger partial charge is 0.481 e. The lowest BCUT2D eigenvalue weighted by molar-refractivity contribution is -0.137. The van der Waals surface area contributed by atoms with E-state index in [9.17, 15) is 4.79 Å². The first kappa shape index (κ1) is 52.3. The van der Waals surface area contributed by atoms with Gasteiger partial charge in [0.1, 0.15) is 0 Å². The summed E-state index contributed by atoms with van der Waals surface area (Å²) in [6, 6.07) is 0. The molecule has 0 aromatic heterocycles. The zero-order valence-corrected chi connectivity index (χ0v) is 36.2. The maximum atomic E-state index is 10.5. The summed E-state index contributed by atoms with van der Waals surface area (Å²) in [5.41, 5.74) is 0. The van der Waals surface area contributed by atoms with E-state index >= 15 is 0 Å². The lowest BCUT2D eigenvalue weighted by atomic mass is 10.0. The van der Waals surface area contributed by atoms with Crippen LogP contribution in [-0.4, -0.2) is 63.4 Å². The second-order valence-electron chi connectivity index (χ2n) is 16.5. The van der Waals surface area contributed by atoms with Crippen molar-refractivity contribution in [3.63, 3.8) is 0 Å². The first-order valence-corrected chi connectivity index (χ1v) is 24.3. The quantitative estimate of drug-likeness (QED) is 0.0398. The number of aliphatic carboxylic acids is 1. The Morgan fingerprint density at radius 1 is 0.283 bits per heavy atom. The molecule has 53 heavy (non-hydrogen) atoms. The van der Waals surface area contributed by atoms with Crippen LogP contribution in [0.15, 0.2) is 0 Å². The van der Waals surface area contributed by atoms with Gasteiger partial charge in [0, 0.05) is 6.42 Å². The normalized spacial score (nSPS) is 11.6. The van der Waals surface area contributed by atoms with Gasteiger partial charge in [-0.3, -0.25) is 4.79 Å². The van der Waals surface area contributed by atoms with Crippen LogP contribution in [0.4, 0.5) is 0 Å².